The van der Waals surface area contributed by atoms with Crippen molar-refractivity contribution in [3.8, 4) is 6.07 Å². The van der Waals surface area contributed by atoms with E-state index in [-0.39, 0.29) is 11.3 Å². The van der Waals surface area contributed by atoms with Crippen LogP contribution in [-0.2, 0) is 23.9 Å². The number of hydrogen-bond donors (Lipinski definition) is 2. The number of anilines is 2. The van der Waals surface area contributed by atoms with Crippen molar-refractivity contribution in [3.05, 3.63) is 51.1 Å². The van der Waals surface area contributed by atoms with Crippen LogP contribution in [0.4, 0.5) is 24.0 Å². The molecule has 0 saturated carbocycles. The number of alkyl halides is 3. The Hall–Kier alpha value is -2.61. The maximum atomic E-state index is 12.9. The van der Waals surface area contributed by atoms with Gasteiger partial charge in [0, 0.05) is 36.3 Å². The van der Waals surface area contributed by atoms with E-state index in [4.69, 9.17) is 11.6 Å². The first-order valence-electron chi connectivity index (χ1n) is 8.39. The Morgan fingerprint density at radius 1 is 1.45 bits per heavy atom. The molecule has 0 fully saturated rings. The maximum Gasteiger partial charge on any atom is 0.417 e. The van der Waals surface area contributed by atoms with E-state index in [9.17, 15) is 23.2 Å². The Balaban J connectivity index is 1.72. The highest BCUT2D eigenvalue weighted by atomic mass is 35.5. The Morgan fingerprint density at radius 2 is 2.21 bits per heavy atom. The van der Waals surface area contributed by atoms with E-state index in [1.54, 1.807) is 6.07 Å². The Kier molecular flexibility index (Phi) is 6.12. The summed E-state index contributed by atoms with van der Waals surface area (Å²) < 4.78 is 38.8. The van der Waals surface area contributed by atoms with Crippen molar-refractivity contribution in [2.45, 2.75) is 19.1 Å². The summed E-state index contributed by atoms with van der Waals surface area (Å²) >= 11 is 6.99. The number of rotatable bonds is 4. The Labute approximate surface area is 173 Å². The average Bonchev–Trinajstić information content (AvgIpc) is 3.04. The van der Waals surface area contributed by atoms with Gasteiger partial charge in [0.25, 0.3) is 5.91 Å². The van der Waals surface area contributed by atoms with Crippen LogP contribution in [0, 0.1) is 11.3 Å². The molecule has 1 aliphatic heterocycles. The summed E-state index contributed by atoms with van der Waals surface area (Å²) in [5.41, 5.74) is -0.525. The highest BCUT2D eigenvalue weighted by Gasteiger charge is 2.33. The van der Waals surface area contributed by atoms with E-state index >= 15 is 0 Å². The number of thiazole rings is 1. The fraction of sp³-hybridized carbons (Fsp3) is 0.278. The number of amides is 1. The normalized spacial score (nSPS) is 14.8. The van der Waals surface area contributed by atoms with Crippen LogP contribution >= 0.6 is 22.9 Å². The molecule has 6 nitrogen and oxygen atoms in total. The van der Waals surface area contributed by atoms with Crippen molar-refractivity contribution in [3.63, 3.8) is 0 Å². The molecule has 29 heavy (non-hydrogen) atoms. The number of carbonyl (C=O) groups is 1. The molecule has 0 atom stereocenters. The quantitative estimate of drug-likeness (QED) is 0.547. The number of likely N-dealkylation sites (N-methyl/N-ethyl adjacent to an activating group) is 1. The van der Waals surface area contributed by atoms with Crippen LogP contribution in [0.1, 0.15) is 16.1 Å². The van der Waals surface area contributed by atoms with Crippen LogP contribution in [-0.4, -0.2) is 29.4 Å². The summed E-state index contributed by atoms with van der Waals surface area (Å²) in [6.45, 7) is 1.68. The van der Waals surface area contributed by atoms with Crippen LogP contribution < -0.4 is 10.6 Å². The first-order valence-corrected chi connectivity index (χ1v) is 9.59. The monoisotopic (exact) mass is 441 g/mol. The number of nitrogens with one attached hydrogen (secondary N) is 2. The molecule has 2 aromatic rings. The zero-order valence-corrected chi connectivity index (χ0v) is 16.7. The highest BCUT2D eigenvalue weighted by Crippen LogP contribution is 2.36. The molecule has 0 unspecified atom stereocenters. The molecular formula is C18H15ClF3N5OS. The molecule has 2 heterocycles. The summed E-state index contributed by atoms with van der Waals surface area (Å²) in [4.78, 5) is 20.0. The summed E-state index contributed by atoms with van der Waals surface area (Å²) in [6.07, 6.45) is -2.66. The van der Waals surface area contributed by atoms with E-state index in [2.05, 4.69) is 20.5 Å². The van der Waals surface area contributed by atoms with E-state index in [0.717, 1.165) is 36.1 Å². The number of benzene rings is 1. The fourth-order valence-electron chi connectivity index (χ4n) is 2.69. The lowest BCUT2D eigenvalue weighted by Gasteiger charge is -2.20. The van der Waals surface area contributed by atoms with Gasteiger partial charge in [0.15, 0.2) is 5.13 Å². The van der Waals surface area contributed by atoms with Gasteiger partial charge in [0.05, 0.1) is 16.3 Å². The molecule has 1 aliphatic rings. The lowest BCUT2D eigenvalue weighted by molar-refractivity contribution is -0.137. The minimum absolute atomic E-state index is 0.124. The van der Waals surface area contributed by atoms with Crippen LogP contribution in [0.15, 0.2) is 30.0 Å². The molecule has 11 heteroatoms. The number of carbonyl (C=O) groups excluding carboxylic acids is 1. The summed E-state index contributed by atoms with van der Waals surface area (Å²) in [5, 5.41) is 14.4. The summed E-state index contributed by atoms with van der Waals surface area (Å²) in [5.74, 6) is -0.850. The lowest BCUT2D eigenvalue weighted by atomic mass is 10.2. The minimum Gasteiger partial charge on any atom is -0.337 e. The first kappa shape index (κ1) is 21.1. The third-order valence-electron chi connectivity index (χ3n) is 4.16. The number of aromatic nitrogens is 1. The zero-order chi connectivity index (χ0) is 21.2. The molecule has 0 bridgehead atoms. The van der Waals surface area contributed by atoms with Crippen molar-refractivity contribution in [1.82, 2.24) is 9.88 Å². The third kappa shape index (κ3) is 5.06. The van der Waals surface area contributed by atoms with Crippen molar-refractivity contribution >= 4 is 39.7 Å². The van der Waals surface area contributed by atoms with E-state index in [1.165, 1.54) is 23.6 Å². The van der Waals surface area contributed by atoms with Gasteiger partial charge in [-0.25, -0.2) is 4.98 Å². The van der Waals surface area contributed by atoms with Gasteiger partial charge in [-0.15, -0.1) is 11.3 Å². The van der Waals surface area contributed by atoms with Crippen LogP contribution in [0.25, 0.3) is 0 Å². The highest BCUT2D eigenvalue weighted by molar-refractivity contribution is 7.15. The van der Waals surface area contributed by atoms with E-state index < -0.39 is 22.7 Å². The number of hydrogen-bond acceptors (Lipinski definition) is 6. The average molecular weight is 442 g/mol. The van der Waals surface area contributed by atoms with Gasteiger partial charge in [-0.2, -0.15) is 18.4 Å². The second-order valence-corrected chi connectivity index (χ2v) is 7.83. The number of fused-ring (bicyclic) bond motifs is 1. The molecule has 2 N–H and O–H groups in total. The van der Waals surface area contributed by atoms with Crippen LogP contribution in [0.2, 0.25) is 5.02 Å². The van der Waals surface area contributed by atoms with Gasteiger partial charge in [0.2, 0.25) is 0 Å². The second kappa shape index (κ2) is 8.41. The largest absolute Gasteiger partial charge is 0.417 e. The molecule has 0 saturated heterocycles. The standard InChI is InChI=1S/C18H15ClF3N5OS/c1-27-5-4-14-15(9-27)29-17(26-14)24-8-10(7-23)16(28)25-11-2-3-13(19)12(6-11)18(20,21)22/h2-3,6,8H,4-5,9H2,1H3,(H,24,26)(H,25,28)/b10-8-. The topological polar surface area (TPSA) is 81.1 Å². The predicted molar refractivity (Wildman–Crippen MR) is 105 cm³/mol. The molecule has 0 radical (unpaired) electrons. The van der Waals surface area contributed by atoms with Gasteiger partial charge in [-0.1, -0.05) is 11.6 Å². The van der Waals surface area contributed by atoms with Crippen LogP contribution in [0.3, 0.4) is 0 Å². The lowest BCUT2D eigenvalue weighted by Crippen LogP contribution is -2.25. The van der Waals surface area contributed by atoms with Crippen molar-refractivity contribution in [2.75, 3.05) is 24.2 Å². The maximum absolute atomic E-state index is 12.9. The van der Waals surface area contributed by atoms with E-state index in [1.807, 2.05) is 7.05 Å². The van der Waals surface area contributed by atoms with Crippen molar-refractivity contribution in [2.24, 2.45) is 0 Å². The summed E-state index contributed by atoms with van der Waals surface area (Å²) in [7, 11) is 2.01. The smallest absolute Gasteiger partial charge is 0.337 e. The molecule has 1 aromatic carbocycles. The molecule has 0 aliphatic carbocycles. The van der Waals surface area contributed by atoms with Gasteiger partial charge in [-0.05, 0) is 25.2 Å². The van der Waals surface area contributed by atoms with E-state index in [0.29, 0.717) is 11.2 Å². The Bertz CT molecular complexity index is 1010. The van der Waals surface area contributed by atoms with Gasteiger partial charge < -0.3 is 15.5 Å². The third-order valence-corrected chi connectivity index (χ3v) is 5.50. The second-order valence-electron chi connectivity index (χ2n) is 6.34. The van der Waals surface area contributed by atoms with Crippen LogP contribution in [0.5, 0.6) is 0 Å². The number of nitrogens with zero attached hydrogens (tertiary/aromatic N) is 3. The van der Waals surface area contributed by atoms with Crippen molar-refractivity contribution in [1.29, 1.82) is 5.26 Å². The Morgan fingerprint density at radius 3 is 2.90 bits per heavy atom. The van der Waals surface area contributed by atoms with Gasteiger partial charge in [0.1, 0.15) is 11.6 Å². The SMILES string of the molecule is CN1CCc2nc(N/C=C(/C#N)C(=O)Nc3ccc(Cl)c(C(F)(F)F)c3)sc2C1. The molecule has 1 aromatic heterocycles. The van der Waals surface area contributed by atoms with Gasteiger partial charge in [-0.3, -0.25) is 4.79 Å². The zero-order valence-electron chi connectivity index (χ0n) is 15.1. The van der Waals surface area contributed by atoms with Gasteiger partial charge >= 0.3 is 6.18 Å². The number of nitriles is 1. The predicted octanol–water partition coefficient (Wildman–Crippen LogP) is 4.26. The first-order chi connectivity index (χ1) is 13.7. The molecule has 1 amide bonds. The molecular weight excluding hydrogens is 427 g/mol. The fourth-order valence-corrected chi connectivity index (χ4v) is 3.97. The van der Waals surface area contributed by atoms with Crippen molar-refractivity contribution < 1.29 is 18.0 Å². The number of halogens is 4. The summed E-state index contributed by atoms with van der Waals surface area (Å²) in [6, 6.07) is 4.70. The molecule has 3 rings (SSSR count). The minimum atomic E-state index is -4.66. The molecule has 152 valence electrons. The molecule has 0 spiro atoms.